The lowest BCUT2D eigenvalue weighted by molar-refractivity contribution is 0.128. The van der Waals surface area contributed by atoms with Crippen LogP contribution in [0.1, 0.15) is 11.1 Å². The van der Waals surface area contributed by atoms with Crippen molar-refractivity contribution >= 4 is 5.69 Å². The number of hydrogen-bond donors (Lipinski definition) is 1. The van der Waals surface area contributed by atoms with Gasteiger partial charge in [0.25, 0.3) is 0 Å². The highest BCUT2D eigenvalue weighted by Gasteiger charge is 2.16. The zero-order valence-electron chi connectivity index (χ0n) is 14.0. The highest BCUT2D eigenvalue weighted by molar-refractivity contribution is 5.43. The fourth-order valence-electron chi connectivity index (χ4n) is 3.14. The molecule has 0 aromatic heterocycles. The normalized spacial score (nSPS) is 16.4. The van der Waals surface area contributed by atoms with E-state index in [4.69, 9.17) is 0 Å². The van der Waals surface area contributed by atoms with Gasteiger partial charge in [0.2, 0.25) is 0 Å². The van der Waals surface area contributed by atoms with Crippen LogP contribution >= 0.6 is 0 Å². The lowest BCUT2D eigenvalue weighted by Gasteiger charge is -2.34. The van der Waals surface area contributed by atoms with Gasteiger partial charge in [0.05, 0.1) is 0 Å². The number of anilines is 1. The van der Waals surface area contributed by atoms with Gasteiger partial charge in [-0.3, -0.25) is 4.90 Å². The van der Waals surface area contributed by atoms with Crippen molar-refractivity contribution in [3.63, 3.8) is 0 Å². The Morgan fingerprint density at radius 2 is 1.43 bits per heavy atom. The van der Waals surface area contributed by atoms with Crippen LogP contribution in [0.3, 0.4) is 0 Å². The van der Waals surface area contributed by atoms with Crippen LogP contribution in [0.25, 0.3) is 0 Å². The molecule has 23 heavy (non-hydrogen) atoms. The number of nitrogens with zero attached hydrogens (tertiary/aromatic N) is 2. The molecule has 0 bridgehead atoms. The summed E-state index contributed by atoms with van der Waals surface area (Å²) < 4.78 is 0. The molecule has 0 spiro atoms. The Hall–Kier alpha value is -1.84. The lowest BCUT2D eigenvalue weighted by atomic mass is 10.1. The molecule has 2 aromatic rings. The van der Waals surface area contributed by atoms with Crippen LogP contribution in [0.4, 0.5) is 5.69 Å². The summed E-state index contributed by atoms with van der Waals surface area (Å²) in [6.45, 7) is 6.94. The summed E-state index contributed by atoms with van der Waals surface area (Å²) >= 11 is 0. The van der Waals surface area contributed by atoms with Gasteiger partial charge >= 0.3 is 0 Å². The molecule has 1 heterocycles. The zero-order chi connectivity index (χ0) is 15.9. The Balaban J connectivity index is 1.41. The van der Waals surface area contributed by atoms with Crippen molar-refractivity contribution in [1.29, 1.82) is 0 Å². The van der Waals surface area contributed by atoms with Crippen molar-refractivity contribution in [3.8, 4) is 0 Å². The number of piperazine rings is 1. The molecular weight excluding hydrogens is 282 g/mol. The number of rotatable bonds is 6. The van der Waals surface area contributed by atoms with Gasteiger partial charge in [-0.2, -0.15) is 0 Å². The van der Waals surface area contributed by atoms with Crippen LogP contribution in [0.5, 0.6) is 0 Å². The van der Waals surface area contributed by atoms with Crippen molar-refractivity contribution in [1.82, 2.24) is 9.80 Å². The first-order chi connectivity index (χ1) is 11.3. The molecule has 2 aromatic carbocycles. The summed E-state index contributed by atoms with van der Waals surface area (Å²) in [6, 6.07) is 19.6. The molecule has 3 rings (SSSR count). The Labute approximate surface area is 139 Å². The van der Waals surface area contributed by atoms with Crippen molar-refractivity contribution in [3.05, 3.63) is 65.7 Å². The zero-order valence-corrected chi connectivity index (χ0v) is 14.0. The monoisotopic (exact) mass is 309 g/mol. The molecule has 1 aliphatic heterocycles. The van der Waals surface area contributed by atoms with Crippen LogP contribution < -0.4 is 5.32 Å². The minimum atomic E-state index is 1.07. The van der Waals surface area contributed by atoms with Gasteiger partial charge < -0.3 is 10.2 Å². The minimum Gasteiger partial charge on any atom is -0.388 e. The van der Waals surface area contributed by atoms with Gasteiger partial charge in [-0.1, -0.05) is 42.5 Å². The molecule has 122 valence electrons. The number of benzene rings is 2. The predicted octanol–water partition coefficient (Wildman–Crippen LogP) is 3.09. The maximum absolute atomic E-state index is 3.17. The van der Waals surface area contributed by atoms with Gasteiger partial charge in [-0.15, -0.1) is 0 Å². The van der Waals surface area contributed by atoms with Crippen molar-refractivity contribution in [2.24, 2.45) is 0 Å². The Morgan fingerprint density at radius 3 is 2.09 bits per heavy atom. The third kappa shape index (κ3) is 4.81. The molecule has 0 aliphatic carbocycles. The molecule has 1 fully saturated rings. The SMILES string of the molecule is CNc1ccc(CN2CCN(CCc3ccccc3)CC2)cc1. The van der Waals surface area contributed by atoms with Gasteiger partial charge in [0.1, 0.15) is 0 Å². The van der Waals surface area contributed by atoms with Gasteiger partial charge in [0, 0.05) is 52.0 Å². The second-order valence-electron chi connectivity index (χ2n) is 6.30. The highest BCUT2D eigenvalue weighted by atomic mass is 15.3. The molecule has 0 amide bonds. The summed E-state index contributed by atoms with van der Waals surface area (Å²) in [5.41, 5.74) is 4.03. The van der Waals surface area contributed by atoms with Crippen molar-refractivity contribution < 1.29 is 0 Å². The quantitative estimate of drug-likeness (QED) is 0.884. The summed E-state index contributed by atoms with van der Waals surface area (Å²) in [5, 5.41) is 3.17. The summed E-state index contributed by atoms with van der Waals surface area (Å²) in [6.07, 6.45) is 1.16. The van der Waals surface area contributed by atoms with E-state index in [0.717, 1.165) is 13.0 Å². The third-order valence-corrected chi connectivity index (χ3v) is 4.67. The van der Waals surface area contributed by atoms with E-state index in [-0.39, 0.29) is 0 Å². The summed E-state index contributed by atoms with van der Waals surface area (Å²) in [7, 11) is 1.96. The molecule has 1 N–H and O–H groups in total. The van der Waals surface area contributed by atoms with Crippen LogP contribution in [-0.4, -0.2) is 49.6 Å². The molecule has 1 aliphatic rings. The fourth-order valence-corrected chi connectivity index (χ4v) is 3.14. The van der Waals surface area contributed by atoms with Crippen molar-refractivity contribution in [2.45, 2.75) is 13.0 Å². The molecule has 3 heteroatoms. The first-order valence-corrected chi connectivity index (χ1v) is 8.59. The molecule has 1 saturated heterocycles. The average molecular weight is 309 g/mol. The largest absolute Gasteiger partial charge is 0.388 e. The molecular formula is C20H27N3. The predicted molar refractivity (Wildman–Crippen MR) is 97.9 cm³/mol. The lowest BCUT2D eigenvalue weighted by Crippen LogP contribution is -2.46. The maximum Gasteiger partial charge on any atom is 0.0337 e. The molecule has 0 saturated carbocycles. The first-order valence-electron chi connectivity index (χ1n) is 8.59. The maximum atomic E-state index is 3.17. The topological polar surface area (TPSA) is 18.5 Å². The van der Waals surface area contributed by atoms with E-state index in [9.17, 15) is 0 Å². The second kappa shape index (κ2) is 8.14. The standard InChI is InChI=1S/C20H27N3/c1-21-20-9-7-19(8-10-20)17-23-15-13-22(14-16-23)12-11-18-5-3-2-4-6-18/h2-10,21H,11-17H2,1H3. The Kier molecular flexibility index (Phi) is 5.67. The van der Waals surface area contributed by atoms with Crippen LogP contribution in [0, 0.1) is 0 Å². The van der Waals surface area contributed by atoms with Gasteiger partial charge in [0.15, 0.2) is 0 Å². The van der Waals surface area contributed by atoms with Crippen LogP contribution in [0.15, 0.2) is 54.6 Å². The van der Waals surface area contributed by atoms with E-state index in [2.05, 4.69) is 69.7 Å². The van der Waals surface area contributed by atoms with Crippen LogP contribution in [-0.2, 0) is 13.0 Å². The fraction of sp³-hybridized carbons (Fsp3) is 0.400. The third-order valence-electron chi connectivity index (χ3n) is 4.67. The minimum absolute atomic E-state index is 1.07. The van der Waals surface area contributed by atoms with Gasteiger partial charge in [-0.25, -0.2) is 0 Å². The smallest absolute Gasteiger partial charge is 0.0337 e. The number of hydrogen-bond acceptors (Lipinski definition) is 3. The second-order valence-corrected chi connectivity index (χ2v) is 6.30. The average Bonchev–Trinajstić information content (AvgIpc) is 2.63. The summed E-state index contributed by atoms with van der Waals surface area (Å²) in [5.74, 6) is 0. The molecule has 0 radical (unpaired) electrons. The molecule has 0 unspecified atom stereocenters. The van der Waals surface area contributed by atoms with E-state index in [1.54, 1.807) is 0 Å². The Morgan fingerprint density at radius 1 is 0.783 bits per heavy atom. The van der Waals surface area contributed by atoms with E-state index < -0.39 is 0 Å². The van der Waals surface area contributed by atoms with Crippen molar-refractivity contribution in [2.75, 3.05) is 45.1 Å². The summed E-state index contributed by atoms with van der Waals surface area (Å²) in [4.78, 5) is 5.15. The number of nitrogens with one attached hydrogen (secondary N) is 1. The van der Waals surface area contributed by atoms with E-state index in [0.29, 0.717) is 0 Å². The Bertz CT molecular complexity index is 572. The molecule has 3 nitrogen and oxygen atoms in total. The van der Waals surface area contributed by atoms with E-state index in [1.165, 1.54) is 49.5 Å². The van der Waals surface area contributed by atoms with Gasteiger partial charge in [-0.05, 0) is 29.7 Å². The highest BCUT2D eigenvalue weighted by Crippen LogP contribution is 2.13. The van der Waals surface area contributed by atoms with E-state index >= 15 is 0 Å². The first kappa shape index (κ1) is 16.0. The van der Waals surface area contributed by atoms with Crippen LogP contribution in [0.2, 0.25) is 0 Å². The molecule has 0 atom stereocenters. The van der Waals surface area contributed by atoms with E-state index in [1.807, 2.05) is 7.05 Å².